The van der Waals surface area contributed by atoms with E-state index in [0.29, 0.717) is 30.2 Å². The van der Waals surface area contributed by atoms with E-state index in [-0.39, 0.29) is 5.88 Å². The Balaban J connectivity index is 1.80. The molecule has 1 aromatic heterocycles. The van der Waals surface area contributed by atoms with Crippen molar-refractivity contribution in [2.24, 2.45) is 0 Å². The molecule has 1 heterocycles. The van der Waals surface area contributed by atoms with E-state index >= 15 is 0 Å². The molecule has 0 unspecified atom stereocenters. The van der Waals surface area contributed by atoms with Gasteiger partial charge in [-0.15, -0.1) is 0 Å². The van der Waals surface area contributed by atoms with Crippen LogP contribution < -0.4 is 15.2 Å². The Bertz CT molecular complexity index is 868. The van der Waals surface area contributed by atoms with E-state index in [1.807, 2.05) is 42.5 Å². The van der Waals surface area contributed by atoms with Crippen LogP contribution in [0.2, 0.25) is 0 Å². The van der Waals surface area contributed by atoms with E-state index in [1.165, 1.54) is 0 Å². The molecule has 6 heteroatoms. The highest BCUT2D eigenvalue weighted by Crippen LogP contribution is 2.30. The number of benzene rings is 2. The molecule has 6 nitrogen and oxygen atoms in total. The summed E-state index contributed by atoms with van der Waals surface area (Å²) in [6, 6.07) is 15.3. The summed E-state index contributed by atoms with van der Waals surface area (Å²) in [7, 11) is 1.58. The smallest absolute Gasteiger partial charge is 0.325 e. The summed E-state index contributed by atoms with van der Waals surface area (Å²) in [4.78, 5) is 16.1. The molecule has 0 spiro atoms. The Labute approximate surface area is 138 Å². The van der Waals surface area contributed by atoms with Crippen molar-refractivity contribution in [3.05, 3.63) is 75.8 Å². The number of rotatable bonds is 6. The van der Waals surface area contributed by atoms with Crippen LogP contribution >= 0.6 is 0 Å². The Morgan fingerprint density at radius 2 is 1.79 bits per heavy atom. The second-order valence-corrected chi connectivity index (χ2v) is 5.34. The number of aromatic nitrogens is 2. The van der Waals surface area contributed by atoms with Gasteiger partial charge >= 0.3 is 5.69 Å². The summed E-state index contributed by atoms with van der Waals surface area (Å²) in [5, 5.41) is 9.67. The fourth-order valence-corrected chi connectivity index (χ4v) is 2.42. The minimum atomic E-state index is -0.434. The van der Waals surface area contributed by atoms with E-state index in [1.54, 1.807) is 13.2 Å². The van der Waals surface area contributed by atoms with Crippen molar-refractivity contribution in [2.75, 3.05) is 7.11 Å². The second kappa shape index (κ2) is 6.95. The number of hydrogen-bond acceptors (Lipinski definition) is 4. The lowest BCUT2D eigenvalue weighted by molar-refractivity contribution is 0.284. The molecule has 3 rings (SSSR count). The average Bonchev–Trinajstić information content (AvgIpc) is 2.91. The third-order valence-electron chi connectivity index (χ3n) is 3.63. The van der Waals surface area contributed by atoms with Crippen molar-refractivity contribution in [1.29, 1.82) is 0 Å². The van der Waals surface area contributed by atoms with Gasteiger partial charge in [-0.05, 0) is 23.3 Å². The molecular formula is C18H18N2O4. The Kier molecular flexibility index (Phi) is 4.56. The number of imidazole rings is 1. The first-order chi connectivity index (χ1) is 11.7. The highest BCUT2D eigenvalue weighted by atomic mass is 16.5. The van der Waals surface area contributed by atoms with Crippen LogP contribution in [0, 0.1) is 0 Å². The fraction of sp³-hybridized carbons (Fsp3) is 0.167. The molecule has 2 aromatic carbocycles. The quantitative estimate of drug-likeness (QED) is 0.650. The van der Waals surface area contributed by atoms with E-state index in [4.69, 9.17) is 9.47 Å². The third kappa shape index (κ3) is 3.60. The molecular weight excluding hydrogens is 308 g/mol. The van der Waals surface area contributed by atoms with Gasteiger partial charge in [0.2, 0.25) is 5.88 Å². The minimum absolute atomic E-state index is 0.150. The average molecular weight is 326 g/mol. The molecule has 3 N–H and O–H groups in total. The topological polar surface area (TPSA) is 87.3 Å². The fourth-order valence-electron chi connectivity index (χ4n) is 2.42. The van der Waals surface area contributed by atoms with Crippen LogP contribution in [0.5, 0.6) is 17.4 Å². The van der Waals surface area contributed by atoms with Gasteiger partial charge in [-0.3, -0.25) is 4.98 Å². The van der Waals surface area contributed by atoms with Crippen LogP contribution in [0.4, 0.5) is 0 Å². The Morgan fingerprint density at radius 1 is 1.00 bits per heavy atom. The van der Waals surface area contributed by atoms with E-state index in [0.717, 1.165) is 11.1 Å². The number of aromatic amines is 2. The maximum Gasteiger partial charge on any atom is 0.325 e. The summed E-state index contributed by atoms with van der Waals surface area (Å²) in [6.07, 6.45) is 0.371. The molecule has 0 saturated heterocycles. The second-order valence-electron chi connectivity index (χ2n) is 5.34. The first-order valence-electron chi connectivity index (χ1n) is 7.49. The van der Waals surface area contributed by atoms with Crippen LogP contribution in [-0.2, 0) is 13.0 Å². The normalized spacial score (nSPS) is 10.5. The van der Waals surface area contributed by atoms with Crippen molar-refractivity contribution in [1.82, 2.24) is 9.97 Å². The van der Waals surface area contributed by atoms with Crippen LogP contribution in [0.15, 0.2) is 53.3 Å². The van der Waals surface area contributed by atoms with E-state index in [9.17, 15) is 9.90 Å². The SMILES string of the molecule is COc1ccc(Cc2[nH]c(=O)[nH]c2O)cc1OCc1ccccc1. The molecule has 0 saturated carbocycles. The molecule has 0 aliphatic heterocycles. The van der Waals surface area contributed by atoms with Crippen molar-refractivity contribution < 1.29 is 14.6 Å². The van der Waals surface area contributed by atoms with Gasteiger partial charge in [0.1, 0.15) is 6.61 Å². The first-order valence-corrected chi connectivity index (χ1v) is 7.49. The van der Waals surface area contributed by atoms with Crippen LogP contribution in [-0.4, -0.2) is 22.2 Å². The monoisotopic (exact) mass is 326 g/mol. The zero-order valence-corrected chi connectivity index (χ0v) is 13.2. The number of aromatic hydroxyl groups is 1. The van der Waals surface area contributed by atoms with Gasteiger partial charge in [0.15, 0.2) is 11.5 Å². The molecule has 0 fully saturated rings. The number of ether oxygens (including phenoxy) is 2. The van der Waals surface area contributed by atoms with Crippen LogP contribution in [0.3, 0.4) is 0 Å². The lowest BCUT2D eigenvalue weighted by Gasteiger charge is -2.12. The van der Waals surface area contributed by atoms with Gasteiger partial charge in [-0.2, -0.15) is 0 Å². The number of H-pyrrole nitrogens is 2. The van der Waals surface area contributed by atoms with Gasteiger partial charge in [0.25, 0.3) is 0 Å². The summed E-state index contributed by atoms with van der Waals surface area (Å²) in [5.74, 6) is 1.08. The highest BCUT2D eigenvalue weighted by molar-refractivity contribution is 5.44. The van der Waals surface area contributed by atoms with Gasteiger partial charge in [-0.1, -0.05) is 36.4 Å². The lowest BCUT2D eigenvalue weighted by atomic mass is 10.1. The summed E-state index contributed by atoms with van der Waals surface area (Å²) < 4.78 is 11.2. The zero-order valence-electron chi connectivity index (χ0n) is 13.2. The molecule has 0 bridgehead atoms. The van der Waals surface area contributed by atoms with Gasteiger partial charge in [-0.25, -0.2) is 4.79 Å². The summed E-state index contributed by atoms with van der Waals surface area (Å²) in [6.45, 7) is 0.424. The number of nitrogens with one attached hydrogen (secondary N) is 2. The minimum Gasteiger partial charge on any atom is -0.493 e. The molecule has 0 amide bonds. The van der Waals surface area contributed by atoms with Crippen molar-refractivity contribution in [3.8, 4) is 17.4 Å². The predicted molar refractivity (Wildman–Crippen MR) is 89.7 cm³/mol. The molecule has 0 aliphatic carbocycles. The molecule has 3 aromatic rings. The third-order valence-corrected chi connectivity index (χ3v) is 3.63. The maximum absolute atomic E-state index is 11.2. The molecule has 0 aliphatic rings. The summed E-state index contributed by atoms with van der Waals surface area (Å²) in [5.41, 5.74) is 1.93. The van der Waals surface area contributed by atoms with Crippen LogP contribution in [0.25, 0.3) is 0 Å². The van der Waals surface area contributed by atoms with Gasteiger partial charge < -0.3 is 19.6 Å². The van der Waals surface area contributed by atoms with Crippen LogP contribution in [0.1, 0.15) is 16.8 Å². The molecule has 0 radical (unpaired) electrons. The van der Waals surface area contributed by atoms with E-state index in [2.05, 4.69) is 9.97 Å². The molecule has 124 valence electrons. The Hall–Kier alpha value is -3.15. The highest BCUT2D eigenvalue weighted by Gasteiger charge is 2.10. The standard InChI is InChI=1S/C18H18N2O4/c1-23-15-8-7-13(9-14-17(21)20-18(22)19-14)10-16(15)24-11-12-5-3-2-4-6-12/h2-8,10,21H,9,11H2,1H3,(H2,19,20,22). The largest absolute Gasteiger partial charge is 0.493 e. The van der Waals surface area contributed by atoms with Gasteiger partial charge in [0.05, 0.1) is 12.8 Å². The van der Waals surface area contributed by atoms with E-state index < -0.39 is 5.69 Å². The first kappa shape index (κ1) is 15.7. The van der Waals surface area contributed by atoms with Crippen molar-refractivity contribution in [3.63, 3.8) is 0 Å². The predicted octanol–water partition coefficient (Wildman–Crippen LogP) is 2.59. The van der Waals surface area contributed by atoms with Gasteiger partial charge in [0, 0.05) is 6.42 Å². The maximum atomic E-state index is 11.2. The summed E-state index contributed by atoms with van der Waals surface area (Å²) >= 11 is 0. The van der Waals surface area contributed by atoms with Crippen molar-refractivity contribution in [2.45, 2.75) is 13.0 Å². The molecule has 24 heavy (non-hydrogen) atoms. The zero-order chi connectivity index (χ0) is 16.9. The van der Waals surface area contributed by atoms with Crippen molar-refractivity contribution >= 4 is 0 Å². The molecule has 0 atom stereocenters. The lowest BCUT2D eigenvalue weighted by Crippen LogP contribution is -2.02. The number of methoxy groups -OCH3 is 1. The number of hydrogen-bond donors (Lipinski definition) is 3. The Morgan fingerprint density at radius 3 is 2.46 bits per heavy atom.